The van der Waals surface area contributed by atoms with E-state index >= 15 is 0 Å². The van der Waals surface area contributed by atoms with Crippen molar-refractivity contribution in [1.82, 2.24) is 4.98 Å². The Balaban J connectivity index is 2.63. The molecule has 0 bridgehead atoms. The average Bonchev–Trinajstić information content (AvgIpc) is 2.17. The summed E-state index contributed by atoms with van der Waals surface area (Å²) < 4.78 is 0. The highest BCUT2D eigenvalue weighted by atomic mass is 32.2. The first-order valence-corrected chi connectivity index (χ1v) is 6.18. The van der Waals surface area contributed by atoms with Crippen molar-refractivity contribution < 1.29 is 4.79 Å². The molecule has 0 amide bonds. The van der Waals surface area contributed by atoms with E-state index in [4.69, 9.17) is 0 Å². The van der Waals surface area contributed by atoms with Crippen LogP contribution in [0.3, 0.4) is 0 Å². The summed E-state index contributed by atoms with van der Waals surface area (Å²) in [6, 6.07) is 3.65. The van der Waals surface area contributed by atoms with Crippen molar-refractivity contribution in [2.24, 2.45) is 5.92 Å². The normalized spacial score (nSPS) is 10.7. The Hall–Kier alpha value is -0.830. The summed E-state index contributed by atoms with van der Waals surface area (Å²) in [5.41, 5.74) is 0.742. The molecule has 0 saturated carbocycles. The summed E-state index contributed by atoms with van der Waals surface area (Å²) in [7, 11) is 0. The Morgan fingerprint density at radius 3 is 2.87 bits per heavy atom. The molecule has 2 nitrogen and oxygen atoms in total. The lowest BCUT2D eigenvalue weighted by Gasteiger charge is -2.06. The Morgan fingerprint density at radius 1 is 1.53 bits per heavy atom. The predicted molar refractivity (Wildman–Crippen MR) is 64.4 cm³/mol. The Labute approximate surface area is 95.5 Å². The topological polar surface area (TPSA) is 30.0 Å². The third-order valence-electron chi connectivity index (χ3n) is 2.08. The van der Waals surface area contributed by atoms with Crippen LogP contribution in [0.5, 0.6) is 0 Å². The third kappa shape index (κ3) is 4.04. The molecule has 0 radical (unpaired) electrons. The van der Waals surface area contributed by atoms with E-state index in [1.165, 1.54) is 0 Å². The zero-order valence-corrected chi connectivity index (χ0v) is 10.3. The van der Waals surface area contributed by atoms with Crippen molar-refractivity contribution in [2.75, 3.05) is 5.75 Å². The molecule has 0 unspecified atom stereocenters. The van der Waals surface area contributed by atoms with Crippen LogP contribution in [-0.4, -0.2) is 16.5 Å². The molecule has 0 aliphatic heterocycles. The molecule has 3 heteroatoms. The summed E-state index contributed by atoms with van der Waals surface area (Å²) >= 11 is 1.67. The lowest BCUT2D eigenvalue weighted by molar-refractivity contribution is 0.101. The average molecular weight is 223 g/mol. The number of carbonyl (C=O) groups excluding carboxylic acids is 1. The second-order valence-electron chi connectivity index (χ2n) is 3.94. The second kappa shape index (κ2) is 5.91. The van der Waals surface area contributed by atoms with Crippen molar-refractivity contribution in [3.8, 4) is 0 Å². The van der Waals surface area contributed by atoms with Gasteiger partial charge in [0.15, 0.2) is 5.78 Å². The van der Waals surface area contributed by atoms with Gasteiger partial charge in [0.05, 0.1) is 0 Å². The van der Waals surface area contributed by atoms with E-state index < -0.39 is 0 Å². The first kappa shape index (κ1) is 12.2. The fourth-order valence-electron chi connectivity index (χ4n) is 1.17. The smallest absolute Gasteiger partial charge is 0.162 e. The van der Waals surface area contributed by atoms with Gasteiger partial charge >= 0.3 is 0 Å². The van der Waals surface area contributed by atoms with E-state index in [1.807, 2.05) is 12.1 Å². The molecule has 1 rings (SSSR count). The molecule has 0 aromatic carbocycles. The molecule has 0 spiro atoms. The number of thioether (sulfide) groups is 1. The van der Waals surface area contributed by atoms with Crippen molar-refractivity contribution in [1.29, 1.82) is 0 Å². The monoisotopic (exact) mass is 223 g/mol. The van der Waals surface area contributed by atoms with E-state index in [-0.39, 0.29) is 5.78 Å². The minimum absolute atomic E-state index is 0.0927. The van der Waals surface area contributed by atoms with Crippen LogP contribution in [-0.2, 0) is 0 Å². The number of hydrogen-bond donors (Lipinski definition) is 0. The van der Waals surface area contributed by atoms with Gasteiger partial charge in [-0.1, -0.05) is 13.8 Å². The van der Waals surface area contributed by atoms with Crippen LogP contribution in [0.1, 0.15) is 37.6 Å². The maximum Gasteiger partial charge on any atom is 0.162 e. The zero-order valence-electron chi connectivity index (χ0n) is 9.49. The zero-order chi connectivity index (χ0) is 11.3. The number of aromatic nitrogens is 1. The molecule has 0 fully saturated rings. The lowest BCUT2D eigenvalue weighted by atomic mass is 10.2. The minimum atomic E-state index is 0.0927. The van der Waals surface area contributed by atoms with Crippen molar-refractivity contribution in [3.63, 3.8) is 0 Å². The van der Waals surface area contributed by atoms with Gasteiger partial charge in [0.25, 0.3) is 0 Å². The van der Waals surface area contributed by atoms with Crippen LogP contribution in [0, 0.1) is 5.92 Å². The molecule has 1 heterocycles. The van der Waals surface area contributed by atoms with Gasteiger partial charge in [-0.15, -0.1) is 11.8 Å². The van der Waals surface area contributed by atoms with E-state index in [0.29, 0.717) is 5.92 Å². The van der Waals surface area contributed by atoms with Gasteiger partial charge in [0.1, 0.15) is 5.03 Å². The molecule has 15 heavy (non-hydrogen) atoms. The van der Waals surface area contributed by atoms with Crippen LogP contribution in [0.4, 0.5) is 0 Å². The molecule has 82 valence electrons. The summed E-state index contributed by atoms with van der Waals surface area (Å²) in [5.74, 6) is 1.81. The maximum absolute atomic E-state index is 11.3. The SMILES string of the molecule is CC(=O)c1cccnc1SCCC(C)C. The third-order valence-corrected chi connectivity index (χ3v) is 3.12. The van der Waals surface area contributed by atoms with Gasteiger partial charge in [-0.05, 0) is 37.1 Å². The Kier molecular flexibility index (Phi) is 4.82. The van der Waals surface area contributed by atoms with Gasteiger partial charge in [-0.25, -0.2) is 4.98 Å². The van der Waals surface area contributed by atoms with E-state index in [9.17, 15) is 4.79 Å². The predicted octanol–water partition coefficient (Wildman–Crippen LogP) is 3.42. The highest BCUT2D eigenvalue weighted by Crippen LogP contribution is 2.22. The van der Waals surface area contributed by atoms with E-state index in [0.717, 1.165) is 22.8 Å². The summed E-state index contributed by atoms with van der Waals surface area (Å²) in [5, 5.41) is 0.866. The highest BCUT2D eigenvalue weighted by Gasteiger charge is 2.08. The van der Waals surface area contributed by atoms with Crippen molar-refractivity contribution in [2.45, 2.75) is 32.2 Å². The van der Waals surface area contributed by atoms with E-state index in [1.54, 1.807) is 24.9 Å². The largest absolute Gasteiger partial charge is 0.294 e. The number of nitrogens with zero attached hydrogens (tertiary/aromatic N) is 1. The van der Waals surface area contributed by atoms with Crippen LogP contribution in [0.15, 0.2) is 23.4 Å². The van der Waals surface area contributed by atoms with Crippen LogP contribution in [0.25, 0.3) is 0 Å². The molecular weight excluding hydrogens is 206 g/mol. The fourth-order valence-corrected chi connectivity index (χ4v) is 2.45. The van der Waals surface area contributed by atoms with Crippen molar-refractivity contribution in [3.05, 3.63) is 23.9 Å². The van der Waals surface area contributed by atoms with Crippen LogP contribution < -0.4 is 0 Å². The number of carbonyl (C=O) groups is 1. The Bertz CT molecular complexity index is 336. The van der Waals surface area contributed by atoms with Gasteiger partial charge in [-0.2, -0.15) is 0 Å². The number of rotatable bonds is 5. The first-order chi connectivity index (χ1) is 7.11. The van der Waals surface area contributed by atoms with Gasteiger partial charge in [-0.3, -0.25) is 4.79 Å². The summed E-state index contributed by atoms with van der Waals surface area (Å²) in [6.45, 7) is 5.99. The summed E-state index contributed by atoms with van der Waals surface area (Å²) in [4.78, 5) is 15.5. The lowest BCUT2D eigenvalue weighted by Crippen LogP contribution is -1.98. The minimum Gasteiger partial charge on any atom is -0.294 e. The van der Waals surface area contributed by atoms with Gasteiger partial charge in [0, 0.05) is 11.8 Å². The molecule has 0 aliphatic rings. The second-order valence-corrected chi connectivity index (χ2v) is 5.03. The van der Waals surface area contributed by atoms with E-state index in [2.05, 4.69) is 18.8 Å². The van der Waals surface area contributed by atoms with Crippen molar-refractivity contribution >= 4 is 17.5 Å². The maximum atomic E-state index is 11.3. The molecule has 1 aromatic rings. The quantitative estimate of drug-likeness (QED) is 0.566. The standard InChI is InChI=1S/C12H17NOS/c1-9(2)6-8-15-12-11(10(3)14)5-4-7-13-12/h4-5,7,9H,6,8H2,1-3H3. The number of pyridine rings is 1. The highest BCUT2D eigenvalue weighted by molar-refractivity contribution is 7.99. The number of hydrogen-bond acceptors (Lipinski definition) is 3. The summed E-state index contributed by atoms with van der Waals surface area (Å²) in [6.07, 6.45) is 2.89. The number of Topliss-reactive ketones (excluding diaryl/α,β-unsaturated/α-hetero) is 1. The molecule has 0 atom stereocenters. The molecule has 0 aliphatic carbocycles. The van der Waals surface area contributed by atoms with Crippen LogP contribution >= 0.6 is 11.8 Å². The van der Waals surface area contributed by atoms with Gasteiger partial charge < -0.3 is 0 Å². The van der Waals surface area contributed by atoms with Crippen LogP contribution in [0.2, 0.25) is 0 Å². The first-order valence-electron chi connectivity index (χ1n) is 5.20. The fraction of sp³-hybridized carbons (Fsp3) is 0.500. The van der Waals surface area contributed by atoms with Gasteiger partial charge in [0.2, 0.25) is 0 Å². The Morgan fingerprint density at radius 2 is 2.27 bits per heavy atom. The molecule has 0 N–H and O–H groups in total. The molecule has 0 saturated heterocycles. The molecular formula is C12H17NOS. The molecule has 1 aromatic heterocycles. The number of ketones is 1.